The fourth-order valence-electron chi connectivity index (χ4n) is 2.77. The summed E-state index contributed by atoms with van der Waals surface area (Å²) >= 11 is 5.96. The molecule has 3 amide bonds. The highest BCUT2D eigenvalue weighted by Gasteiger charge is 2.28. The highest BCUT2D eigenvalue weighted by molar-refractivity contribution is 6.33. The summed E-state index contributed by atoms with van der Waals surface area (Å²) in [6.07, 6.45) is 0. The van der Waals surface area contributed by atoms with Crippen molar-refractivity contribution in [2.75, 3.05) is 23.4 Å². The third-order valence-corrected chi connectivity index (χ3v) is 4.56. The van der Waals surface area contributed by atoms with Crippen molar-refractivity contribution in [2.24, 2.45) is 0 Å². The molecule has 1 aliphatic heterocycles. The molecule has 2 aromatic rings. The second-order valence-corrected chi connectivity index (χ2v) is 6.74. The molecule has 8 nitrogen and oxygen atoms in total. The Balaban J connectivity index is 1.58. The van der Waals surface area contributed by atoms with Crippen LogP contribution in [0.4, 0.5) is 11.4 Å². The van der Waals surface area contributed by atoms with Crippen molar-refractivity contribution >= 4 is 46.7 Å². The van der Waals surface area contributed by atoms with Crippen molar-refractivity contribution < 1.29 is 23.9 Å². The molecular formula is C20H18ClN3O5. The Hall–Kier alpha value is -3.39. The SMILES string of the molecule is CC(NC(=O)c1ccccc1Cl)C(=O)OCC(=O)N1CC(=O)Nc2ccccc21. The van der Waals surface area contributed by atoms with E-state index < -0.39 is 30.4 Å². The van der Waals surface area contributed by atoms with Crippen LogP contribution in [0.3, 0.4) is 0 Å². The highest BCUT2D eigenvalue weighted by atomic mass is 35.5. The molecule has 0 radical (unpaired) electrons. The summed E-state index contributed by atoms with van der Waals surface area (Å²) in [5, 5.41) is 5.40. The summed E-state index contributed by atoms with van der Waals surface area (Å²) in [6.45, 7) is 0.699. The minimum Gasteiger partial charge on any atom is -0.454 e. The zero-order valence-electron chi connectivity index (χ0n) is 15.5. The minimum absolute atomic E-state index is 0.174. The van der Waals surface area contributed by atoms with Gasteiger partial charge in [-0.3, -0.25) is 19.3 Å². The van der Waals surface area contributed by atoms with Gasteiger partial charge in [-0.15, -0.1) is 0 Å². The number of carbonyl (C=O) groups is 4. The zero-order chi connectivity index (χ0) is 21.0. The number of benzene rings is 2. The fraction of sp³-hybridized carbons (Fsp3) is 0.200. The molecule has 3 rings (SSSR count). The minimum atomic E-state index is -0.997. The van der Waals surface area contributed by atoms with E-state index >= 15 is 0 Å². The Morgan fingerprint density at radius 3 is 2.62 bits per heavy atom. The average molecular weight is 416 g/mol. The van der Waals surface area contributed by atoms with Crippen LogP contribution >= 0.6 is 11.6 Å². The van der Waals surface area contributed by atoms with Crippen LogP contribution < -0.4 is 15.5 Å². The molecule has 0 bridgehead atoms. The third-order valence-electron chi connectivity index (χ3n) is 4.23. The van der Waals surface area contributed by atoms with Gasteiger partial charge in [0.25, 0.3) is 11.8 Å². The van der Waals surface area contributed by atoms with E-state index in [-0.39, 0.29) is 23.0 Å². The van der Waals surface area contributed by atoms with Gasteiger partial charge in [0.05, 0.1) is 22.0 Å². The summed E-state index contributed by atoms with van der Waals surface area (Å²) in [6, 6.07) is 12.2. The molecular weight excluding hydrogens is 398 g/mol. The van der Waals surface area contributed by atoms with Crippen LogP contribution in [0.1, 0.15) is 17.3 Å². The molecule has 0 spiro atoms. The quantitative estimate of drug-likeness (QED) is 0.726. The number of amides is 3. The maximum absolute atomic E-state index is 12.5. The number of nitrogens with zero attached hydrogens (tertiary/aromatic N) is 1. The smallest absolute Gasteiger partial charge is 0.328 e. The number of anilines is 2. The maximum atomic E-state index is 12.5. The number of hydrogen-bond donors (Lipinski definition) is 2. The number of carbonyl (C=O) groups excluding carboxylic acids is 4. The van der Waals surface area contributed by atoms with E-state index in [0.717, 1.165) is 0 Å². The van der Waals surface area contributed by atoms with Crippen LogP contribution in [0.5, 0.6) is 0 Å². The molecule has 1 atom stereocenters. The highest BCUT2D eigenvalue weighted by Crippen LogP contribution is 2.28. The molecule has 0 fully saturated rings. The van der Waals surface area contributed by atoms with E-state index in [4.69, 9.17) is 16.3 Å². The van der Waals surface area contributed by atoms with Crippen molar-refractivity contribution in [2.45, 2.75) is 13.0 Å². The van der Waals surface area contributed by atoms with Crippen molar-refractivity contribution in [1.82, 2.24) is 5.32 Å². The normalized spacial score (nSPS) is 13.7. The van der Waals surface area contributed by atoms with Crippen LogP contribution in [0.25, 0.3) is 0 Å². The Bertz CT molecular complexity index is 978. The summed E-state index contributed by atoms with van der Waals surface area (Å²) in [4.78, 5) is 49.9. The average Bonchev–Trinajstić information content (AvgIpc) is 2.71. The first-order valence-electron chi connectivity index (χ1n) is 8.78. The van der Waals surface area contributed by atoms with E-state index in [0.29, 0.717) is 11.4 Å². The summed E-state index contributed by atoms with van der Waals surface area (Å²) in [5.74, 6) is -2.21. The molecule has 9 heteroatoms. The monoisotopic (exact) mass is 415 g/mol. The Kier molecular flexibility index (Phi) is 6.13. The zero-order valence-corrected chi connectivity index (χ0v) is 16.2. The lowest BCUT2D eigenvalue weighted by Crippen LogP contribution is -2.45. The summed E-state index contributed by atoms with van der Waals surface area (Å²) in [5.41, 5.74) is 1.25. The standard InChI is InChI=1S/C20H18ClN3O5/c1-12(22-19(27)13-6-2-3-7-14(13)21)20(28)29-11-18(26)24-10-17(25)23-15-8-4-5-9-16(15)24/h2-9,12H,10-11H2,1H3,(H,22,27)(H,23,25). The number of rotatable bonds is 5. The van der Waals surface area contributed by atoms with Gasteiger partial charge in [-0.2, -0.15) is 0 Å². The van der Waals surface area contributed by atoms with E-state index in [9.17, 15) is 19.2 Å². The third kappa shape index (κ3) is 4.72. The number of fused-ring (bicyclic) bond motifs is 1. The molecule has 1 aliphatic rings. The van der Waals surface area contributed by atoms with Gasteiger partial charge in [-0.25, -0.2) is 4.79 Å². The lowest BCUT2D eigenvalue weighted by molar-refractivity contribution is -0.149. The number of ether oxygens (including phenoxy) is 1. The number of nitrogens with one attached hydrogen (secondary N) is 2. The number of halogens is 1. The van der Waals surface area contributed by atoms with Gasteiger partial charge in [-0.05, 0) is 31.2 Å². The Labute approximate surface area is 171 Å². The van der Waals surface area contributed by atoms with Gasteiger partial charge in [0.1, 0.15) is 12.6 Å². The second kappa shape index (κ2) is 8.74. The molecule has 2 N–H and O–H groups in total. The van der Waals surface area contributed by atoms with Crippen molar-refractivity contribution in [3.63, 3.8) is 0 Å². The largest absolute Gasteiger partial charge is 0.454 e. The molecule has 0 saturated carbocycles. The van der Waals surface area contributed by atoms with Gasteiger partial charge in [0.15, 0.2) is 6.61 Å². The van der Waals surface area contributed by atoms with Gasteiger partial charge < -0.3 is 15.4 Å². The van der Waals surface area contributed by atoms with Gasteiger partial charge in [0.2, 0.25) is 5.91 Å². The van der Waals surface area contributed by atoms with Crippen molar-refractivity contribution in [3.05, 3.63) is 59.1 Å². The van der Waals surface area contributed by atoms with Crippen molar-refractivity contribution in [1.29, 1.82) is 0 Å². The second-order valence-electron chi connectivity index (χ2n) is 6.33. The maximum Gasteiger partial charge on any atom is 0.328 e. The molecule has 2 aromatic carbocycles. The summed E-state index contributed by atoms with van der Waals surface area (Å²) < 4.78 is 5.03. The van der Waals surface area contributed by atoms with Crippen LogP contribution in [0, 0.1) is 0 Å². The van der Waals surface area contributed by atoms with Crippen LogP contribution in [0.2, 0.25) is 5.02 Å². The molecule has 150 valence electrons. The Morgan fingerprint density at radius 2 is 1.86 bits per heavy atom. The first-order valence-corrected chi connectivity index (χ1v) is 9.16. The number of esters is 1. The lowest BCUT2D eigenvalue weighted by Gasteiger charge is -2.29. The first kappa shape index (κ1) is 20.3. The fourth-order valence-corrected chi connectivity index (χ4v) is 2.99. The van der Waals surface area contributed by atoms with Crippen LogP contribution in [-0.2, 0) is 19.1 Å². The molecule has 0 aromatic heterocycles. The lowest BCUT2D eigenvalue weighted by atomic mass is 10.2. The molecule has 0 aliphatic carbocycles. The van der Waals surface area contributed by atoms with Crippen LogP contribution in [0.15, 0.2) is 48.5 Å². The van der Waals surface area contributed by atoms with E-state index in [1.807, 2.05) is 0 Å². The molecule has 29 heavy (non-hydrogen) atoms. The molecule has 1 heterocycles. The van der Waals surface area contributed by atoms with Gasteiger partial charge in [-0.1, -0.05) is 35.9 Å². The van der Waals surface area contributed by atoms with E-state index in [1.165, 1.54) is 17.9 Å². The molecule has 0 saturated heterocycles. The van der Waals surface area contributed by atoms with Crippen molar-refractivity contribution in [3.8, 4) is 0 Å². The molecule has 1 unspecified atom stereocenters. The van der Waals surface area contributed by atoms with Gasteiger partial charge in [0, 0.05) is 0 Å². The van der Waals surface area contributed by atoms with E-state index in [1.54, 1.807) is 42.5 Å². The summed E-state index contributed by atoms with van der Waals surface area (Å²) in [7, 11) is 0. The van der Waals surface area contributed by atoms with E-state index in [2.05, 4.69) is 10.6 Å². The first-order chi connectivity index (χ1) is 13.9. The predicted octanol–water partition coefficient (Wildman–Crippen LogP) is 1.99. The Morgan fingerprint density at radius 1 is 1.17 bits per heavy atom. The number of hydrogen-bond acceptors (Lipinski definition) is 5. The number of para-hydroxylation sites is 2. The van der Waals surface area contributed by atoms with Crippen LogP contribution in [-0.4, -0.2) is 42.9 Å². The predicted molar refractivity (Wildman–Crippen MR) is 107 cm³/mol. The van der Waals surface area contributed by atoms with Gasteiger partial charge >= 0.3 is 5.97 Å². The topological polar surface area (TPSA) is 105 Å².